The zero-order chi connectivity index (χ0) is 33.0. The number of pyridine rings is 1. The van der Waals surface area contributed by atoms with Crippen molar-refractivity contribution in [3.05, 3.63) is 117 Å². The summed E-state index contributed by atoms with van der Waals surface area (Å²) in [7, 11) is 1.65. The number of carbonyl (C=O) groups excluding carboxylic acids is 2. The summed E-state index contributed by atoms with van der Waals surface area (Å²) in [5.41, 5.74) is 4.81. The summed E-state index contributed by atoms with van der Waals surface area (Å²) in [6, 6.07) is 24.5. The normalized spacial score (nSPS) is 11.6. The van der Waals surface area contributed by atoms with E-state index in [-0.39, 0.29) is 41.2 Å². The number of hydrogen-bond donors (Lipinski definition) is 2. The molecular formula is C37H37N5O4. The van der Waals surface area contributed by atoms with Crippen molar-refractivity contribution in [2.45, 2.75) is 40.2 Å². The maximum absolute atomic E-state index is 14.0. The summed E-state index contributed by atoms with van der Waals surface area (Å²) in [6.45, 7) is 8.03. The molecule has 0 aliphatic carbocycles. The van der Waals surface area contributed by atoms with Crippen LogP contribution < -0.4 is 15.6 Å². The number of para-hydroxylation sites is 1. The van der Waals surface area contributed by atoms with Crippen LogP contribution in [0.1, 0.15) is 51.4 Å². The Bertz CT molecular complexity index is 2000. The number of ether oxygens (including phenoxy) is 1. The van der Waals surface area contributed by atoms with Crippen molar-refractivity contribution < 1.29 is 14.3 Å². The molecular weight excluding hydrogens is 578 g/mol. The van der Waals surface area contributed by atoms with Crippen molar-refractivity contribution in [3.8, 4) is 28.7 Å². The molecule has 9 heteroatoms. The van der Waals surface area contributed by atoms with E-state index in [1.54, 1.807) is 42.4 Å². The third-order valence-corrected chi connectivity index (χ3v) is 8.09. The molecule has 0 spiro atoms. The smallest absolute Gasteiger partial charge is 0.274 e. The van der Waals surface area contributed by atoms with Crippen LogP contribution >= 0.6 is 0 Å². The first-order valence-corrected chi connectivity index (χ1v) is 15.2. The van der Waals surface area contributed by atoms with Gasteiger partial charge >= 0.3 is 0 Å². The Labute approximate surface area is 268 Å². The standard InChI is InChI=1S/C37H37N5O4/c1-6-39-35(43)31-21-29-30(22-41(5)37(45)33(29)40-31)28-16-15-27(20-32(28)46-34-23(2)11-10-12-24(34)3)36(44)42(18-17-38)25(4)19-26-13-8-7-9-14-26/h7-16,20-22,25,40H,6,18-19H2,1-5H3,(H,39,43). The molecule has 2 aromatic heterocycles. The number of nitriles is 1. The van der Waals surface area contributed by atoms with Gasteiger partial charge in [0.1, 0.15) is 29.3 Å². The van der Waals surface area contributed by atoms with E-state index >= 15 is 0 Å². The van der Waals surface area contributed by atoms with Crippen LogP contribution in [0, 0.1) is 25.2 Å². The van der Waals surface area contributed by atoms with Gasteiger partial charge in [-0.15, -0.1) is 0 Å². The molecule has 0 bridgehead atoms. The van der Waals surface area contributed by atoms with Crippen LogP contribution in [0.3, 0.4) is 0 Å². The number of benzene rings is 3. The van der Waals surface area contributed by atoms with E-state index in [1.807, 2.05) is 76.2 Å². The van der Waals surface area contributed by atoms with Gasteiger partial charge in [-0.05, 0) is 75.1 Å². The molecule has 5 rings (SSSR count). The number of aryl methyl sites for hydroxylation is 3. The topological polar surface area (TPSA) is 120 Å². The number of aromatic amines is 1. The molecule has 2 amide bonds. The van der Waals surface area contributed by atoms with Crippen LogP contribution in [0.2, 0.25) is 0 Å². The Hall–Kier alpha value is -5.62. The quantitative estimate of drug-likeness (QED) is 0.179. The number of amides is 2. The molecule has 9 nitrogen and oxygen atoms in total. The highest BCUT2D eigenvalue weighted by molar-refractivity contribution is 6.04. The van der Waals surface area contributed by atoms with E-state index < -0.39 is 0 Å². The fraction of sp³-hybridized carbons (Fsp3) is 0.243. The van der Waals surface area contributed by atoms with Crippen LogP contribution in [0.4, 0.5) is 0 Å². The zero-order valence-corrected chi connectivity index (χ0v) is 26.7. The number of fused-ring (bicyclic) bond motifs is 1. The maximum Gasteiger partial charge on any atom is 0.274 e. The maximum atomic E-state index is 14.0. The fourth-order valence-electron chi connectivity index (χ4n) is 5.69. The first-order chi connectivity index (χ1) is 22.1. The SMILES string of the molecule is CCNC(=O)c1cc2c(-c3ccc(C(=O)N(CC#N)C(C)Cc4ccccc4)cc3Oc3c(C)cccc3C)cn(C)c(=O)c2[nH]1. The average Bonchev–Trinajstić information content (AvgIpc) is 3.50. The lowest BCUT2D eigenvalue weighted by molar-refractivity contribution is 0.0718. The highest BCUT2D eigenvalue weighted by Crippen LogP contribution is 2.39. The van der Waals surface area contributed by atoms with Crippen LogP contribution in [-0.2, 0) is 13.5 Å². The van der Waals surface area contributed by atoms with E-state index in [0.717, 1.165) is 16.7 Å². The Kier molecular flexibility index (Phi) is 9.38. The third kappa shape index (κ3) is 6.42. The third-order valence-electron chi connectivity index (χ3n) is 8.09. The van der Waals surface area contributed by atoms with Crippen molar-refractivity contribution in [1.29, 1.82) is 5.26 Å². The summed E-state index contributed by atoms with van der Waals surface area (Å²) in [6.07, 6.45) is 2.30. The molecule has 0 radical (unpaired) electrons. The van der Waals surface area contributed by atoms with Crippen LogP contribution in [0.15, 0.2) is 83.8 Å². The minimum atomic E-state index is -0.318. The number of nitrogens with one attached hydrogen (secondary N) is 2. The van der Waals surface area contributed by atoms with E-state index in [0.29, 0.717) is 46.5 Å². The molecule has 0 aliphatic heterocycles. The first kappa shape index (κ1) is 31.8. The van der Waals surface area contributed by atoms with Gasteiger partial charge in [0.25, 0.3) is 17.4 Å². The Morgan fingerprint density at radius 2 is 1.74 bits per heavy atom. The highest BCUT2D eigenvalue weighted by Gasteiger charge is 2.25. The Morgan fingerprint density at radius 1 is 1.02 bits per heavy atom. The number of carbonyl (C=O) groups is 2. The number of aromatic nitrogens is 2. The predicted molar refractivity (Wildman–Crippen MR) is 179 cm³/mol. The molecule has 3 aromatic carbocycles. The fourth-order valence-corrected chi connectivity index (χ4v) is 5.69. The molecule has 0 aliphatic rings. The summed E-state index contributed by atoms with van der Waals surface area (Å²) in [5.74, 6) is 0.435. The summed E-state index contributed by atoms with van der Waals surface area (Å²) >= 11 is 0. The minimum absolute atomic E-state index is 0.0744. The molecule has 0 saturated carbocycles. The average molecular weight is 616 g/mol. The monoisotopic (exact) mass is 615 g/mol. The van der Waals surface area contributed by atoms with Gasteiger partial charge in [0, 0.05) is 47.9 Å². The van der Waals surface area contributed by atoms with Crippen molar-refractivity contribution >= 4 is 22.7 Å². The van der Waals surface area contributed by atoms with Crippen LogP contribution in [0.25, 0.3) is 22.0 Å². The van der Waals surface area contributed by atoms with Crippen LogP contribution in [0.5, 0.6) is 11.5 Å². The van der Waals surface area contributed by atoms with Crippen molar-refractivity contribution in [1.82, 2.24) is 19.8 Å². The van der Waals surface area contributed by atoms with E-state index in [1.165, 1.54) is 4.57 Å². The number of rotatable bonds is 10. The Morgan fingerprint density at radius 3 is 2.41 bits per heavy atom. The number of nitrogens with zero attached hydrogens (tertiary/aromatic N) is 3. The zero-order valence-electron chi connectivity index (χ0n) is 26.7. The number of hydrogen-bond acceptors (Lipinski definition) is 5. The lowest BCUT2D eigenvalue weighted by Gasteiger charge is -2.27. The largest absolute Gasteiger partial charge is 0.456 e. The van der Waals surface area contributed by atoms with Crippen molar-refractivity contribution in [3.63, 3.8) is 0 Å². The predicted octanol–water partition coefficient (Wildman–Crippen LogP) is 6.29. The van der Waals surface area contributed by atoms with Crippen molar-refractivity contribution in [2.24, 2.45) is 7.05 Å². The van der Waals surface area contributed by atoms with Gasteiger partial charge in [-0.3, -0.25) is 14.4 Å². The van der Waals surface area contributed by atoms with Gasteiger partial charge in [-0.1, -0.05) is 48.5 Å². The van der Waals surface area contributed by atoms with Gasteiger partial charge in [-0.2, -0.15) is 5.26 Å². The van der Waals surface area contributed by atoms with Crippen LogP contribution in [-0.4, -0.2) is 45.4 Å². The molecule has 1 unspecified atom stereocenters. The lowest BCUT2D eigenvalue weighted by Crippen LogP contribution is -2.40. The molecule has 0 fully saturated rings. The highest BCUT2D eigenvalue weighted by atomic mass is 16.5. The molecule has 234 valence electrons. The molecule has 0 saturated heterocycles. The Balaban J connectivity index is 1.65. The molecule has 2 heterocycles. The summed E-state index contributed by atoms with van der Waals surface area (Å²) < 4.78 is 8.07. The number of H-pyrrole nitrogens is 1. The molecule has 5 aromatic rings. The summed E-state index contributed by atoms with van der Waals surface area (Å²) in [5, 5.41) is 13.0. The van der Waals surface area contributed by atoms with Gasteiger partial charge in [0.05, 0.1) is 6.07 Å². The van der Waals surface area contributed by atoms with E-state index in [4.69, 9.17) is 4.74 Å². The molecule has 2 N–H and O–H groups in total. The second kappa shape index (κ2) is 13.6. The molecule has 46 heavy (non-hydrogen) atoms. The first-order valence-electron chi connectivity index (χ1n) is 15.2. The second-order valence-electron chi connectivity index (χ2n) is 11.5. The van der Waals surface area contributed by atoms with Gasteiger partial charge < -0.3 is 24.5 Å². The minimum Gasteiger partial charge on any atom is -0.456 e. The van der Waals surface area contributed by atoms with Gasteiger partial charge in [0.2, 0.25) is 0 Å². The summed E-state index contributed by atoms with van der Waals surface area (Å²) in [4.78, 5) is 44.4. The van der Waals surface area contributed by atoms with Gasteiger partial charge in [-0.25, -0.2) is 0 Å². The van der Waals surface area contributed by atoms with E-state index in [2.05, 4.69) is 16.4 Å². The second-order valence-corrected chi connectivity index (χ2v) is 11.5. The molecule has 1 atom stereocenters. The van der Waals surface area contributed by atoms with Crippen molar-refractivity contribution in [2.75, 3.05) is 13.1 Å². The van der Waals surface area contributed by atoms with E-state index in [9.17, 15) is 19.6 Å². The van der Waals surface area contributed by atoms with Gasteiger partial charge in [0.15, 0.2) is 0 Å². The lowest BCUT2D eigenvalue weighted by atomic mass is 9.99.